The summed E-state index contributed by atoms with van der Waals surface area (Å²) in [5, 5.41) is 10.9. The Balaban J connectivity index is 2.05. The van der Waals surface area contributed by atoms with Gasteiger partial charge in [0.15, 0.2) is 5.82 Å². The molecule has 1 aliphatic heterocycles. The molecule has 0 amide bonds. The van der Waals surface area contributed by atoms with E-state index in [4.69, 9.17) is 0 Å². The second kappa shape index (κ2) is 4.66. The number of hydrogen-bond acceptors (Lipinski definition) is 3. The SMILES string of the molecule is CCC(C)c1cc(N2CCNCC2)n[nH]1. The molecule has 1 aromatic rings. The van der Waals surface area contributed by atoms with Crippen molar-refractivity contribution >= 4 is 5.82 Å². The van der Waals surface area contributed by atoms with E-state index in [2.05, 4.69) is 40.3 Å². The van der Waals surface area contributed by atoms with Crippen LogP contribution in [0.5, 0.6) is 0 Å². The smallest absolute Gasteiger partial charge is 0.150 e. The Hall–Kier alpha value is -1.03. The lowest BCUT2D eigenvalue weighted by Crippen LogP contribution is -2.43. The van der Waals surface area contributed by atoms with Crippen molar-refractivity contribution in [1.29, 1.82) is 0 Å². The van der Waals surface area contributed by atoms with Gasteiger partial charge < -0.3 is 10.2 Å². The van der Waals surface area contributed by atoms with Crippen molar-refractivity contribution < 1.29 is 0 Å². The van der Waals surface area contributed by atoms with E-state index in [0.29, 0.717) is 5.92 Å². The highest BCUT2D eigenvalue weighted by molar-refractivity contribution is 5.40. The Morgan fingerprint density at radius 2 is 2.20 bits per heavy atom. The minimum atomic E-state index is 0.578. The van der Waals surface area contributed by atoms with Gasteiger partial charge in [-0.05, 0) is 12.3 Å². The number of aromatic nitrogens is 2. The number of hydrogen-bond donors (Lipinski definition) is 2. The summed E-state index contributed by atoms with van der Waals surface area (Å²) in [5.74, 6) is 1.68. The molecule has 0 aliphatic carbocycles. The molecule has 1 atom stereocenters. The quantitative estimate of drug-likeness (QED) is 0.787. The van der Waals surface area contributed by atoms with Crippen LogP contribution in [0.3, 0.4) is 0 Å². The van der Waals surface area contributed by atoms with Crippen molar-refractivity contribution in [3.05, 3.63) is 11.8 Å². The van der Waals surface area contributed by atoms with Gasteiger partial charge in [-0.3, -0.25) is 5.10 Å². The average Bonchev–Trinajstić information content (AvgIpc) is 2.78. The van der Waals surface area contributed by atoms with Gasteiger partial charge in [-0.2, -0.15) is 5.10 Å². The molecule has 15 heavy (non-hydrogen) atoms. The molecule has 4 nitrogen and oxygen atoms in total. The second-order valence-electron chi connectivity index (χ2n) is 4.23. The first kappa shape index (κ1) is 10.5. The summed E-state index contributed by atoms with van der Waals surface area (Å²) in [6, 6.07) is 2.19. The predicted octanol–water partition coefficient (Wildman–Crippen LogP) is 1.33. The molecule has 0 spiro atoms. The number of nitrogens with zero attached hydrogens (tertiary/aromatic N) is 2. The molecule has 2 N–H and O–H groups in total. The maximum absolute atomic E-state index is 4.38. The third kappa shape index (κ3) is 2.31. The van der Waals surface area contributed by atoms with E-state index in [1.54, 1.807) is 0 Å². The molecular formula is C11H20N4. The van der Waals surface area contributed by atoms with E-state index < -0.39 is 0 Å². The summed E-state index contributed by atoms with van der Waals surface area (Å²) in [7, 11) is 0. The number of piperazine rings is 1. The fraction of sp³-hybridized carbons (Fsp3) is 0.727. The van der Waals surface area contributed by atoms with Gasteiger partial charge in [-0.15, -0.1) is 0 Å². The van der Waals surface area contributed by atoms with Gasteiger partial charge in [-0.25, -0.2) is 0 Å². The van der Waals surface area contributed by atoms with Crippen LogP contribution >= 0.6 is 0 Å². The highest BCUT2D eigenvalue weighted by atomic mass is 15.3. The Bertz CT molecular complexity index is 301. The zero-order chi connectivity index (χ0) is 10.7. The van der Waals surface area contributed by atoms with Gasteiger partial charge in [0, 0.05) is 37.9 Å². The molecule has 1 unspecified atom stereocenters. The summed E-state index contributed by atoms with van der Waals surface area (Å²) >= 11 is 0. The number of nitrogens with one attached hydrogen (secondary N) is 2. The molecule has 1 aromatic heterocycles. The number of H-pyrrole nitrogens is 1. The van der Waals surface area contributed by atoms with Crippen LogP contribution in [0, 0.1) is 0 Å². The molecule has 1 fully saturated rings. The molecule has 4 heteroatoms. The van der Waals surface area contributed by atoms with Gasteiger partial charge in [0.2, 0.25) is 0 Å². The first-order valence-electron chi connectivity index (χ1n) is 5.82. The first-order valence-corrected chi connectivity index (χ1v) is 5.82. The highest BCUT2D eigenvalue weighted by Gasteiger charge is 2.14. The normalized spacial score (nSPS) is 19.2. The second-order valence-corrected chi connectivity index (χ2v) is 4.23. The minimum Gasteiger partial charge on any atom is -0.353 e. The lowest BCUT2D eigenvalue weighted by molar-refractivity contribution is 0.584. The van der Waals surface area contributed by atoms with Crippen molar-refractivity contribution in [2.45, 2.75) is 26.2 Å². The molecule has 0 saturated carbocycles. The van der Waals surface area contributed by atoms with Crippen LogP contribution in [0.2, 0.25) is 0 Å². The van der Waals surface area contributed by atoms with Crippen molar-refractivity contribution in [2.75, 3.05) is 31.1 Å². The lowest BCUT2D eigenvalue weighted by atomic mass is 10.1. The number of rotatable bonds is 3. The first-order chi connectivity index (χ1) is 7.31. The van der Waals surface area contributed by atoms with Gasteiger partial charge in [-0.1, -0.05) is 13.8 Å². The van der Waals surface area contributed by atoms with E-state index in [9.17, 15) is 0 Å². The Labute approximate surface area is 91.1 Å². The summed E-state index contributed by atoms with van der Waals surface area (Å²) in [5.41, 5.74) is 1.26. The third-order valence-electron chi connectivity index (χ3n) is 3.17. The largest absolute Gasteiger partial charge is 0.353 e. The maximum Gasteiger partial charge on any atom is 0.150 e. The molecule has 1 saturated heterocycles. The summed E-state index contributed by atoms with van der Waals surface area (Å²) in [6.07, 6.45) is 1.16. The van der Waals surface area contributed by atoms with Crippen LogP contribution < -0.4 is 10.2 Å². The van der Waals surface area contributed by atoms with Gasteiger partial charge in [0.1, 0.15) is 0 Å². The molecule has 0 radical (unpaired) electrons. The predicted molar refractivity (Wildman–Crippen MR) is 62.4 cm³/mol. The Morgan fingerprint density at radius 1 is 1.47 bits per heavy atom. The summed E-state index contributed by atoms with van der Waals surface area (Å²) in [4.78, 5) is 2.33. The molecule has 2 heterocycles. The summed E-state index contributed by atoms with van der Waals surface area (Å²) in [6.45, 7) is 8.68. The van der Waals surface area contributed by atoms with Gasteiger partial charge >= 0.3 is 0 Å². The lowest BCUT2D eigenvalue weighted by Gasteiger charge is -2.26. The van der Waals surface area contributed by atoms with Crippen molar-refractivity contribution in [2.24, 2.45) is 0 Å². The van der Waals surface area contributed by atoms with Crippen molar-refractivity contribution in [3.8, 4) is 0 Å². The van der Waals surface area contributed by atoms with E-state index >= 15 is 0 Å². The molecule has 0 aromatic carbocycles. The zero-order valence-electron chi connectivity index (χ0n) is 9.58. The van der Waals surface area contributed by atoms with E-state index in [1.807, 2.05) is 0 Å². The van der Waals surface area contributed by atoms with E-state index in [-0.39, 0.29) is 0 Å². The summed E-state index contributed by atoms with van der Waals surface area (Å²) < 4.78 is 0. The molecule has 0 bridgehead atoms. The number of anilines is 1. The van der Waals surface area contributed by atoms with Gasteiger partial charge in [0.25, 0.3) is 0 Å². The topological polar surface area (TPSA) is 44.0 Å². The molecule has 84 valence electrons. The highest BCUT2D eigenvalue weighted by Crippen LogP contribution is 2.20. The van der Waals surface area contributed by atoms with Crippen LogP contribution in [0.1, 0.15) is 31.9 Å². The maximum atomic E-state index is 4.38. The van der Waals surface area contributed by atoms with Crippen LogP contribution in [-0.2, 0) is 0 Å². The van der Waals surface area contributed by atoms with Crippen LogP contribution in [0.15, 0.2) is 6.07 Å². The zero-order valence-corrected chi connectivity index (χ0v) is 9.58. The number of aromatic amines is 1. The fourth-order valence-electron chi connectivity index (χ4n) is 1.85. The average molecular weight is 208 g/mol. The van der Waals surface area contributed by atoms with Crippen LogP contribution in [0.25, 0.3) is 0 Å². The fourth-order valence-corrected chi connectivity index (χ4v) is 1.85. The Morgan fingerprint density at radius 3 is 2.87 bits per heavy atom. The van der Waals surface area contributed by atoms with E-state index in [1.165, 1.54) is 5.69 Å². The van der Waals surface area contributed by atoms with Crippen molar-refractivity contribution in [1.82, 2.24) is 15.5 Å². The Kier molecular flexibility index (Phi) is 3.26. The third-order valence-corrected chi connectivity index (χ3v) is 3.17. The van der Waals surface area contributed by atoms with Crippen LogP contribution in [0.4, 0.5) is 5.82 Å². The molecule has 1 aliphatic rings. The van der Waals surface area contributed by atoms with Crippen LogP contribution in [-0.4, -0.2) is 36.4 Å². The molecule has 2 rings (SSSR count). The monoisotopic (exact) mass is 208 g/mol. The van der Waals surface area contributed by atoms with Gasteiger partial charge in [0.05, 0.1) is 0 Å². The standard InChI is InChI=1S/C11H20N4/c1-3-9(2)10-8-11(14-13-10)15-6-4-12-5-7-15/h8-9,12H,3-7H2,1-2H3,(H,13,14). The van der Waals surface area contributed by atoms with E-state index in [0.717, 1.165) is 38.4 Å². The molecular weight excluding hydrogens is 188 g/mol. The minimum absolute atomic E-state index is 0.578. The van der Waals surface area contributed by atoms with Crippen molar-refractivity contribution in [3.63, 3.8) is 0 Å².